The van der Waals surface area contributed by atoms with Crippen LogP contribution in [0.3, 0.4) is 0 Å². The summed E-state index contributed by atoms with van der Waals surface area (Å²) in [4.78, 5) is 65.3. The van der Waals surface area contributed by atoms with Crippen LogP contribution in [0.1, 0.15) is 111 Å². The maximum atomic E-state index is 14.3. The molecule has 0 aliphatic heterocycles. The van der Waals surface area contributed by atoms with Gasteiger partial charge in [-0.2, -0.15) is 9.12 Å². The quantitative estimate of drug-likeness (QED) is 0.106. The third-order valence-electron chi connectivity index (χ3n) is 8.22. The lowest BCUT2D eigenvalue weighted by Crippen LogP contribution is -2.56. The second kappa shape index (κ2) is 20.5. The highest BCUT2D eigenvalue weighted by molar-refractivity contribution is 5.98. The average Bonchev–Trinajstić information content (AvgIpc) is 2.99. The Balaban J connectivity index is 3.01. The number of nitrogens with one attached hydrogen (secondary N) is 5. The Hall–Kier alpha value is -3.77. The Kier molecular flexibility index (Phi) is 18.0. The first-order chi connectivity index (χ1) is 22.1. The third-order valence-corrected chi connectivity index (χ3v) is 8.22. The number of halogens is 1. The summed E-state index contributed by atoms with van der Waals surface area (Å²) in [5.41, 5.74) is -0.371. The first-order valence-electron chi connectivity index (χ1n) is 16.9. The van der Waals surface area contributed by atoms with E-state index in [1.54, 1.807) is 13.8 Å². The molecule has 1 rings (SSSR count). The van der Waals surface area contributed by atoms with Crippen molar-refractivity contribution >= 4 is 29.5 Å². The second-order valence-corrected chi connectivity index (χ2v) is 13.2. The van der Waals surface area contributed by atoms with Gasteiger partial charge in [0.05, 0.1) is 5.56 Å². The Morgan fingerprint density at radius 2 is 1.47 bits per heavy atom. The van der Waals surface area contributed by atoms with E-state index in [2.05, 4.69) is 26.6 Å². The highest BCUT2D eigenvalue weighted by Crippen LogP contribution is 2.17. The Bertz CT molecular complexity index is 1200. The Morgan fingerprint density at radius 3 is 2.00 bits per heavy atom. The fraction of sp³-hybridized carbons (Fsp3) is 0.706. The minimum atomic E-state index is -1.06. The molecule has 0 bridgehead atoms. The number of carbonyl (C=O) groups is 5. The van der Waals surface area contributed by atoms with Crippen LogP contribution in [0.2, 0.25) is 0 Å². The van der Waals surface area contributed by atoms with Gasteiger partial charge in [-0.1, -0.05) is 68.2 Å². The van der Waals surface area contributed by atoms with Crippen molar-refractivity contribution in [1.82, 2.24) is 26.6 Å². The van der Waals surface area contributed by atoms with Crippen LogP contribution in [0, 0.1) is 34.7 Å². The molecule has 0 aliphatic rings. The molecule has 5 amide bonds. The van der Waals surface area contributed by atoms with E-state index in [1.807, 2.05) is 48.5 Å². The molecule has 0 fully saturated rings. The van der Waals surface area contributed by atoms with Gasteiger partial charge in [-0.05, 0) is 50.4 Å². The highest BCUT2D eigenvalue weighted by atomic mass is 19.1. The van der Waals surface area contributed by atoms with Crippen LogP contribution in [0.25, 0.3) is 0 Å². The SMILES string of the molecule is CCC[C@H](NC(=O)[C@@H](NC(=O)c1cc[n+]([O-])cc1F)[C@@H](C)CC)C(=O)N[C@H](CC[C@@H](C)C(=O)N[C@H](C(=O)NCC)C(C)C)CC(C)C. The van der Waals surface area contributed by atoms with Crippen molar-refractivity contribution in [2.24, 2.45) is 23.7 Å². The fourth-order valence-electron chi connectivity index (χ4n) is 5.19. The number of aromatic nitrogens is 1. The lowest BCUT2D eigenvalue weighted by Gasteiger charge is -2.28. The van der Waals surface area contributed by atoms with E-state index in [4.69, 9.17) is 0 Å². The molecule has 0 radical (unpaired) electrons. The summed E-state index contributed by atoms with van der Waals surface area (Å²) in [7, 11) is 0. The summed E-state index contributed by atoms with van der Waals surface area (Å²) in [6.45, 7) is 17.4. The van der Waals surface area contributed by atoms with Crippen molar-refractivity contribution in [1.29, 1.82) is 0 Å². The number of hydrogen-bond donors (Lipinski definition) is 5. The number of rotatable bonds is 20. The van der Waals surface area contributed by atoms with Crippen LogP contribution >= 0.6 is 0 Å². The van der Waals surface area contributed by atoms with Crippen LogP contribution in [0.15, 0.2) is 18.5 Å². The van der Waals surface area contributed by atoms with E-state index < -0.39 is 41.7 Å². The van der Waals surface area contributed by atoms with Gasteiger partial charge in [0, 0.05) is 24.6 Å². The lowest BCUT2D eigenvalue weighted by atomic mass is 9.94. The van der Waals surface area contributed by atoms with Crippen molar-refractivity contribution in [3.05, 3.63) is 35.0 Å². The minimum Gasteiger partial charge on any atom is -0.619 e. The van der Waals surface area contributed by atoms with Crippen LogP contribution in [0.4, 0.5) is 4.39 Å². The van der Waals surface area contributed by atoms with Gasteiger partial charge in [0.15, 0.2) is 6.20 Å². The van der Waals surface area contributed by atoms with E-state index in [-0.39, 0.29) is 51.8 Å². The van der Waals surface area contributed by atoms with Gasteiger partial charge >= 0.3 is 0 Å². The molecule has 1 heterocycles. The number of carbonyl (C=O) groups excluding carboxylic acids is 5. The van der Waals surface area contributed by atoms with E-state index in [1.165, 1.54) is 0 Å². The van der Waals surface area contributed by atoms with Crippen molar-refractivity contribution in [2.75, 3.05) is 6.54 Å². The van der Waals surface area contributed by atoms with E-state index in [9.17, 15) is 33.6 Å². The van der Waals surface area contributed by atoms with Crippen LogP contribution in [0.5, 0.6) is 0 Å². The van der Waals surface area contributed by atoms with Crippen molar-refractivity contribution < 1.29 is 33.1 Å². The predicted molar refractivity (Wildman–Crippen MR) is 178 cm³/mol. The molecule has 266 valence electrons. The number of pyridine rings is 1. The number of hydrogen-bond acceptors (Lipinski definition) is 6. The molecule has 0 aromatic carbocycles. The first kappa shape index (κ1) is 41.3. The van der Waals surface area contributed by atoms with E-state index in [0.29, 0.717) is 51.3 Å². The van der Waals surface area contributed by atoms with E-state index in [0.717, 1.165) is 12.3 Å². The van der Waals surface area contributed by atoms with Crippen molar-refractivity contribution in [3.63, 3.8) is 0 Å². The zero-order chi connectivity index (χ0) is 35.8. The average molecular weight is 665 g/mol. The summed E-state index contributed by atoms with van der Waals surface area (Å²) < 4.78 is 14.5. The van der Waals surface area contributed by atoms with Gasteiger partial charge in [-0.25, -0.2) is 0 Å². The normalized spacial score (nSPS) is 15.1. The van der Waals surface area contributed by atoms with Gasteiger partial charge in [-0.15, -0.1) is 0 Å². The summed E-state index contributed by atoms with van der Waals surface area (Å²) in [6.07, 6.45) is 4.71. The largest absolute Gasteiger partial charge is 0.619 e. The van der Waals surface area contributed by atoms with Gasteiger partial charge in [0.2, 0.25) is 35.6 Å². The first-order valence-corrected chi connectivity index (χ1v) is 16.9. The summed E-state index contributed by atoms with van der Waals surface area (Å²) in [5, 5.41) is 25.4. The molecule has 6 atom stereocenters. The zero-order valence-corrected chi connectivity index (χ0v) is 29.6. The van der Waals surface area contributed by atoms with Crippen LogP contribution < -0.4 is 31.3 Å². The fourth-order valence-corrected chi connectivity index (χ4v) is 5.19. The maximum Gasteiger partial charge on any atom is 0.255 e. The monoisotopic (exact) mass is 664 g/mol. The molecular formula is C34H57FN6O6. The standard InChI is InChI=1S/C34H57FN6O6/c1-10-13-27(38-34(46)29(22(8)11-2)40-31(43)25-16-17-41(47)19-26(25)35)32(44)37-24(18-20(4)5)15-14-23(9)30(42)39-28(21(6)7)33(45)36-12-3/h16-17,19-24,27-29H,10-15,18H2,1-9H3,(H,36,45)(H,37,44)(H,38,46)(H,39,42)(H,40,43)/t22-,23+,24+,27-,28-,29-/m0/s1. The van der Waals surface area contributed by atoms with Gasteiger partial charge < -0.3 is 31.8 Å². The maximum absolute atomic E-state index is 14.3. The molecule has 47 heavy (non-hydrogen) atoms. The van der Waals surface area contributed by atoms with Crippen molar-refractivity contribution in [2.45, 2.75) is 125 Å². The smallest absolute Gasteiger partial charge is 0.255 e. The molecule has 12 nitrogen and oxygen atoms in total. The molecule has 5 N–H and O–H groups in total. The van der Waals surface area contributed by atoms with Crippen LogP contribution in [-0.2, 0) is 19.2 Å². The number of likely N-dealkylation sites (N-methyl/N-ethyl adjacent to an activating group) is 1. The number of amides is 5. The molecule has 0 spiro atoms. The summed E-state index contributed by atoms with van der Waals surface area (Å²) in [5.74, 6) is -3.87. The molecule has 0 unspecified atom stereocenters. The highest BCUT2D eigenvalue weighted by Gasteiger charge is 2.32. The Labute approximate surface area is 279 Å². The van der Waals surface area contributed by atoms with Gasteiger partial charge in [0.1, 0.15) is 18.1 Å². The summed E-state index contributed by atoms with van der Waals surface area (Å²) in [6, 6.07) is -1.81. The Morgan fingerprint density at radius 1 is 0.809 bits per heavy atom. The lowest BCUT2D eigenvalue weighted by molar-refractivity contribution is -0.607. The minimum absolute atomic E-state index is 0.0877. The second-order valence-electron chi connectivity index (χ2n) is 13.2. The molecule has 0 saturated heterocycles. The molecule has 0 aliphatic carbocycles. The zero-order valence-electron chi connectivity index (χ0n) is 29.6. The topological polar surface area (TPSA) is 172 Å². The number of nitrogens with zero attached hydrogens (tertiary/aromatic N) is 1. The van der Waals surface area contributed by atoms with Gasteiger partial charge in [0.25, 0.3) is 5.91 Å². The predicted octanol–water partition coefficient (Wildman–Crippen LogP) is 3.11. The molecule has 0 saturated carbocycles. The molecule has 1 aromatic heterocycles. The third kappa shape index (κ3) is 13.9. The molecule has 13 heteroatoms. The molecule has 1 aromatic rings. The summed E-state index contributed by atoms with van der Waals surface area (Å²) >= 11 is 0. The van der Waals surface area contributed by atoms with Crippen molar-refractivity contribution in [3.8, 4) is 0 Å². The van der Waals surface area contributed by atoms with Crippen LogP contribution in [-0.4, -0.2) is 60.2 Å². The van der Waals surface area contributed by atoms with Gasteiger partial charge in [-0.3, -0.25) is 24.0 Å². The molecular weight excluding hydrogens is 607 g/mol. The van der Waals surface area contributed by atoms with E-state index >= 15 is 0 Å².